The lowest BCUT2D eigenvalue weighted by Crippen LogP contribution is -2.16. The van der Waals surface area contributed by atoms with E-state index in [-0.39, 0.29) is 0 Å². The van der Waals surface area contributed by atoms with E-state index >= 15 is 0 Å². The Balaban J connectivity index is 1.95. The van der Waals surface area contributed by atoms with Gasteiger partial charge in [0.25, 0.3) is 0 Å². The van der Waals surface area contributed by atoms with Gasteiger partial charge in [0.1, 0.15) is 0 Å². The predicted molar refractivity (Wildman–Crippen MR) is 84.0 cm³/mol. The maximum Gasteiger partial charge on any atom is 0.0860 e. The van der Waals surface area contributed by atoms with Gasteiger partial charge < -0.3 is 5.32 Å². The molecule has 1 aromatic carbocycles. The molecule has 0 bridgehead atoms. The molecule has 0 aliphatic heterocycles. The molecule has 1 N–H and O–H groups in total. The van der Waals surface area contributed by atoms with Gasteiger partial charge in [-0.05, 0) is 31.4 Å². The first-order chi connectivity index (χ1) is 9.65. The van der Waals surface area contributed by atoms with Crippen LogP contribution >= 0.6 is 11.6 Å². The largest absolute Gasteiger partial charge is 0.307 e. The van der Waals surface area contributed by atoms with Crippen LogP contribution in [0.15, 0.2) is 24.3 Å². The van der Waals surface area contributed by atoms with E-state index < -0.39 is 0 Å². The summed E-state index contributed by atoms with van der Waals surface area (Å²) in [5, 5.41) is 8.64. The van der Waals surface area contributed by atoms with E-state index in [1.807, 2.05) is 11.6 Å². The summed E-state index contributed by atoms with van der Waals surface area (Å²) in [6.45, 7) is 8.62. The quantitative estimate of drug-likeness (QED) is 0.879. The first-order valence-electron chi connectivity index (χ1n) is 7.16. The fraction of sp³-hybridized carbons (Fsp3) is 0.438. The molecule has 20 heavy (non-hydrogen) atoms. The van der Waals surface area contributed by atoms with Gasteiger partial charge in [0.05, 0.1) is 16.4 Å². The number of hydrogen-bond donors (Lipinski definition) is 1. The average Bonchev–Trinajstić information content (AvgIpc) is 2.75. The van der Waals surface area contributed by atoms with Gasteiger partial charge in [-0.3, -0.25) is 4.68 Å². The molecule has 0 spiro atoms. The van der Waals surface area contributed by atoms with E-state index in [9.17, 15) is 0 Å². The van der Waals surface area contributed by atoms with Crippen LogP contribution in [0.5, 0.6) is 0 Å². The molecule has 2 aromatic rings. The molecule has 0 aliphatic carbocycles. The Morgan fingerprint density at radius 1 is 1.10 bits per heavy atom. The zero-order valence-corrected chi connectivity index (χ0v) is 13.2. The molecule has 0 fully saturated rings. The summed E-state index contributed by atoms with van der Waals surface area (Å²) in [6.07, 6.45) is 1.08. The molecule has 4 heteroatoms. The SMILES string of the molecule is CCc1ccc(CNCc2c(Cl)c(C)nn2CC)cc1. The summed E-state index contributed by atoms with van der Waals surface area (Å²) in [5.41, 5.74) is 4.63. The highest BCUT2D eigenvalue weighted by atomic mass is 35.5. The van der Waals surface area contributed by atoms with Gasteiger partial charge in [-0.1, -0.05) is 42.8 Å². The summed E-state index contributed by atoms with van der Waals surface area (Å²) < 4.78 is 1.96. The van der Waals surface area contributed by atoms with Crippen molar-refractivity contribution in [3.63, 3.8) is 0 Å². The molecule has 0 radical (unpaired) electrons. The highest BCUT2D eigenvalue weighted by Gasteiger charge is 2.11. The van der Waals surface area contributed by atoms with Gasteiger partial charge in [0, 0.05) is 19.6 Å². The number of rotatable bonds is 6. The van der Waals surface area contributed by atoms with E-state index in [0.717, 1.165) is 42.5 Å². The lowest BCUT2D eigenvalue weighted by atomic mass is 10.1. The highest BCUT2D eigenvalue weighted by Crippen LogP contribution is 2.20. The Bertz CT molecular complexity index is 558. The third-order valence-corrected chi connectivity index (χ3v) is 4.00. The molecule has 0 amide bonds. The van der Waals surface area contributed by atoms with E-state index in [4.69, 9.17) is 11.6 Å². The van der Waals surface area contributed by atoms with Crippen LogP contribution in [0.2, 0.25) is 5.02 Å². The van der Waals surface area contributed by atoms with Crippen molar-refractivity contribution in [3.05, 3.63) is 51.8 Å². The Labute approximate surface area is 126 Å². The number of nitrogens with zero attached hydrogens (tertiary/aromatic N) is 2. The van der Waals surface area contributed by atoms with Crippen molar-refractivity contribution in [2.24, 2.45) is 0 Å². The third kappa shape index (κ3) is 3.41. The first kappa shape index (κ1) is 15.1. The van der Waals surface area contributed by atoms with Gasteiger partial charge in [0.2, 0.25) is 0 Å². The lowest BCUT2D eigenvalue weighted by Gasteiger charge is -2.08. The minimum absolute atomic E-state index is 0.739. The molecule has 0 aliphatic rings. The molecular weight excluding hydrogens is 270 g/mol. The Morgan fingerprint density at radius 3 is 2.35 bits per heavy atom. The fourth-order valence-electron chi connectivity index (χ4n) is 2.26. The van der Waals surface area contributed by atoms with E-state index in [2.05, 4.69) is 48.5 Å². The number of aryl methyl sites for hydroxylation is 3. The van der Waals surface area contributed by atoms with Gasteiger partial charge in [0.15, 0.2) is 0 Å². The molecule has 0 atom stereocenters. The van der Waals surface area contributed by atoms with Crippen LogP contribution in [0.25, 0.3) is 0 Å². The van der Waals surface area contributed by atoms with Crippen molar-refractivity contribution in [3.8, 4) is 0 Å². The summed E-state index contributed by atoms with van der Waals surface area (Å²) in [6, 6.07) is 8.72. The van der Waals surface area contributed by atoms with Crippen LogP contribution in [0.3, 0.4) is 0 Å². The minimum atomic E-state index is 0.739. The van der Waals surface area contributed by atoms with E-state index in [1.54, 1.807) is 0 Å². The summed E-state index contributed by atoms with van der Waals surface area (Å²) in [7, 11) is 0. The normalized spacial score (nSPS) is 11.0. The van der Waals surface area contributed by atoms with Crippen molar-refractivity contribution < 1.29 is 0 Å². The van der Waals surface area contributed by atoms with Crippen LogP contribution in [0, 0.1) is 6.92 Å². The smallest absolute Gasteiger partial charge is 0.0860 e. The summed E-state index contributed by atoms with van der Waals surface area (Å²) in [5.74, 6) is 0. The van der Waals surface area contributed by atoms with Crippen molar-refractivity contribution in [2.75, 3.05) is 0 Å². The number of nitrogens with one attached hydrogen (secondary N) is 1. The van der Waals surface area contributed by atoms with E-state index in [0.29, 0.717) is 0 Å². The maximum atomic E-state index is 6.29. The van der Waals surface area contributed by atoms with E-state index in [1.165, 1.54) is 11.1 Å². The Kier molecular flexibility index (Phi) is 5.21. The second kappa shape index (κ2) is 6.91. The molecule has 0 saturated carbocycles. The third-order valence-electron chi connectivity index (χ3n) is 3.51. The number of aromatic nitrogens is 2. The average molecular weight is 292 g/mol. The van der Waals surface area contributed by atoms with Crippen LogP contribution in [-0.4, -0.2) is 9.78 Å². The second-order valence-electron chi connectivity index (χ2n) is 4.94. The summed E-state index contributed by atoms with van der Waals surface area (Å²) in [4.78, 5) is 0. The van der Waals surface area contributed by atoms with Gasteiger partial charge in [-0.25, -0.2) is 0 Å². The lowest BCUT2D eigenvalue weighted by molar-refractivity contribution is 0.579. The van der Waals surface area contributed by atoms with Crippen molar-refractivity contribution in [1.82, 2.24) is 15.1 Å². The van der Waals surface area contributed by atoms with Crippen LogP contribution in [-0.2, 0) is 26.1 Å². The molecular formula is C16H22ClN3. The van der Waals surface area contributed by atoms with Gasteiger partial charge in [-0.15, -0.1) is 0 Å². The van der Waals surface area contributed by atoms with Crippen molar-refractivity contribution in [1.29, 1.82) is 0 Å². The molecule has 2 rings (SSSR count). The van der Waals surface area contributed by atoms with Crippen LogP contribution < -0.4 is 5.32 Å². The van der Waals surface area contributed by atoms with Gasteiger partial charge in [-0.2, -0.15) is 5.10 Å². The van der Waals surface area contributed by atoms with Crippen LogP contribution in [0.4, 0.5) is 0 Å². The van der Waals surface area contributed by atoms with Crippen molar-refractivity contribution >= 4 is 11.6 Å². The molecule has 1 aromatic heterocycles. The Morgan fingerprint density at radius 2 is 1.75 bits per heavy atom. The summed E-state index contributed by atoms with van der Waals surface area (Å²) >= 11 is 6.29. The standard InChI is InChI=1S/C16H22ClN3/c1-4-13-6-8-14(9-7-13)10-18-11-15-16(17)12(3)19-20(15)5-2/h6-9,18H,4-5,10-11H2,1-3H3. The van der Waals surface area contributed by atoms with Gasteiger partial charge >= 0.3 is 0 Å². The fourth-order valence-corrected chi connectivity index (χ4v) is 2.46. The molecule has 0 saturated heterocycles. The maximum absolute atomic E-state index is 6.29. The predicted octanol–water partition coefficient (Wildman–Crippen LogP) is 3.72. The number of hydrogen-bond acceptors (Lipinski definition) is 2. The number of benzene rings is 1. The molecule has 3 nitrogen and oxygen atoms in total. The zero-order chi connectivity index (χ0) is 14.5. The second-order valence-corrected chi connectivity index (χ2v) is 5.31. The molecule has 1 heterocycles. The number of halogens is 1. The monoisotopic (exact) mass is 291 g/mol. The highest BCUT2D eigenvalue weighted by molar-refractivity contribution is 6.31. The molecule has 108 valence electrons. The minimum Gasteiger partial charge on any atom is -0.307 e. The molecule has 0 unspecified atom stereocenters. The Hall–Kier alpha value is -1.32. The van der Waals surface area contributed by atoms with Crippen LogP contribution in [0.1, 0.15) is 36.4 Å². The zero-order valence-electron chi connectivity index (χ0n) is 12.4. The topological polar surface area (TPSA) is 29.9 Å². The first-order valence-corrected chi connectivity index (χ1v) is 7.53. The van der Waals surface area contributed by atoms with Crippen molar-refractivity contribution in [2.45, 2.75) is 46.8 Å².